The Bertz CT molecular complexity index is 643. The van der Waals surface area contributed by atoms with Gasteiger partial charge in [0.2, 0.25) is 0 Å². The Labute approximate surface area is 112 Å². The van der Waals surface area contributed by atoms with E-state index in [9.17, 15) is 0 Å². The third-order valence-electron chi connectivity index (χ3n) is 3.26. The van der Waals surface area contributed by atoms with E-state index in [-0.39, 0.29) is 0 Å². The molecule has 1 aliphatic rings. The minimum absolute atomic E-state index is 0.552. The van der Waals surface area contributed by atoms with Gasteiger partial charge in [0.1, 0.15) is 11.8 Å². The summed E-state index contributed by atoms with van der Waals surface area (Å²) in [5, 5.41) is 12.5. The Kier molecular flexibility index (Phi) is 3.07. The number of nitrogens with one attached hydrogen (secondary N) is 1. The molecule has 1 N–H and O–H groups in total. The minimum Gasteiger partial charge on any atom is -0.454 e. The lowest BCUT2D eigenvalue weighted by Crippen LogP contribution is -2.12. The third kappa shape index (κ3) is 2.25. The van der Waals surface area contributed by atoms with Crippen LogP contribution in [0.2, 0.25) is 0 Å². The van der Waals surface area contributed by atoms with Crippen molar-refractivity contribution in [3.8, 4) is 17.6 Å². The molecular weight excluding hydrogens is 236 g/mol. The van der Waals surface area contributed by atoms with Crippen molar-refractivity contribution in [2.24, 2.45) is 0 Å². The summed E-state index contributed by atoms with van der Waals surface area (Å²) < 4.78 is 5.91. The number of para-hydroxylation sites is 2. The molecule has 0 saturated heterocycles. The Hall–Kier alpha value is -2.47. The van der Waals surface area contributed by atoms with Gasteiger partial charge in [0.25, 0.3) is 0 Å². The van der Waals surface area contributed by atoms with Crippen molar-refractivity contribution in [2.75, 3.05) is 11.9 Å². The van der Waals surface area contributed by atoms with Gasteiger partial charge in [0, 0.05) is 6.54 Å². The van der Waals surface area contributed by atoms with E-state index in [1.54, 1.807) is 6.07 Å². The van der Waals surface area contributed by atoms with Crippen LogP contribution in [0.25, 0.3) is 0 Å². The van der Waals surface area contributed by atoms with Crippen LogP contribution in [0.5, 0.6) is 11.5 Å². The van der Waals surface area contributed by atoms with E-state index in [4.69, 9.17) is 10.00 Å². The highest BCUT2D eigenvalue weighted by Crippen LogP contribution is 2.35. The second-order valence-electron chi connectivity index (χ2n) is 4.53. The van der Waals surface area contributed by atoms with E-state index in [2.05, 4.69) is 17.5 Å². The molecule has 0 bridgehead atoms. The fraction of sp³-hybridized carbons (Fsp3) is 0.188. The minimum atomic E-state index is 0.552. The summed E-state index contributed by atoms with van der Waals surface area (Å²) >= 11 is 0. The number of nitriles is 1. The highest BCUT2D eigenvalue weighted by Gasteiger charge is 2.14. The zero-order valence-electron chi connectivity index (χ0n) is 10.5. The number of nitrogens with zero attached hydrogens (tertiary/aromatic N) is 1. The second-order valence-corrected chi connectivity index (χ2v) is 4.53. The molecule has 94 valence electrons. The monoisotopic (exact) mass is 250 g/mol. The van der Waals surface area contributed by atoms with E-state index >= 15 is 0 Å². The van der Waals surface area contributed by atoms with Crippen LogP contribution in [0.15, 0.2) is 42.5 Å². The average Bonchev–Trinajstić information content (AvgIpc) is 2.48. The molecule has 0 saturated carbocycles. The van der Waals surface area contributed by atoms with E-state index < -0.39 is 0 Å². The van der Waals surface area contributed by atoms with Crippen molar-refractivity contribution in [2.45, 2.75) is 12.8 Å². The maximum atomic E-state index is 9.09. The number of anilines is 1. The number of rotatable bonds is 2. The standard InChI is InChI=1S/C16H14N2O/c17-11-13-5-1-2-8-14(13)19-15-9-3-6-12-7-4-10-18-16(12)15/h1-3,5-6,8-9,18H,4,7,10H2. The van der Waals surface area contributed by atoms with Gasteiger partial charge >= 0.3 is 0 Å². The van der Waals surface area contributed by atoms with Gasteiger partial charge in [0.05, 0.1) is 11.3 Å². The van der Waals surface area contributed by atoms with Crippen LogP contribution in [0.1, 0.15) is 17.5 Å². The Morgan fingerprint density at radius 2 is 1.89 bits per heavy atom. The molecule has 0 amide bonds. The van der Waals surface area contributed by atoms with Crippen molar-refractivity contribution in [3.05, 3.63) is 53.6 Å². The largest absolute Gasteiger partial charge is 0.454 e. The number of fused-ring (bicyclic) bond motifs is 1. The summed E-state index contributed by atoms with van der Waals surface area (Å²) in [7, 11) is 0. The average molecular weight is 250 g/mol. The fourth-order valence-corrected chi connectivity index (χ4v) is 2.33. The van der Waals surface area contributed by atoms with Crippen molar-refractivity contribution < 1.29 is 4.74 Å². The second kappa shape index (κ2) is 5.03. The maximum absolute atomic E-state index is 9.09. The van der Waals surface area contributed by atoms with Crippen LogP contribution in [0, 0.1) is 11.3 Å². The predicted octanol–water partition coefficient (Wildman–Crippen LogP) is 3.71. The first-order valence-electron chi connectivity index (χ1n) is 6.41. The third-order valence-corrected chi connectivity index (χ3v) is 3.26. The first-order chi connectivity index (χ1) is 9.38. The summed E-state index contributed by atoms with van der Waals surface area (Å²) in [6.45, 7) is 0.966. The number of hydrogen-bond acceptors (Lipinski definition) is 3. The molecule has 19 heavy (non-hydrogen) atoms. The Balaban J connectivity index is 1.98. The van der Waals surface area contributed by atoms with Crippen molar-refractivity contribution in [1.29, 1.82) is 5.26 Å². The molecule has 0 spiro atoms. The smallest absolute Gasteiger partial charge is 0.150 e. The summed E-state index contributed by atoms with van der Waals surface area (Å²) in [6.07, 6.45) is 2.21. The van der Waals surface area contributed by atoms with E-state index in [1.165, 1.54) is 5.56 Å². The SMILES string of the molecule is N#Cc1ccccc1Oc1cccc2c1NCCC2. The lowest BCUT2D eigenvalue weighted by molar-refractivity contribution is 0.481. The highest BCUT2D eigenvalue weighted by atomic mass is 16.5. The quantitative estimate of drug-likeness (QED) is 0.883. The summed E-state index contributed by atoms with van der Waals surface area (Å²) in [6, 6.07) is 15.5. The van der Waals surface area contributed by atoms with Gasteiger partial charge in [-0.3, -0.25) is 0 Å². The lowest BCUT2D eigenvalue weighted by atomic mass is 10.0. The first kappa shape index (κ1) is 11.6. The van der Waals surface area contributed by atoms with Crippen LogP contribution < -0.4 is 10.1 Å². The van der Waals surface area contributed by atoms with Crippen LogP contribution in [-0.2, 0) is 6.42 Å². The molecule has 0 aliphatic carbocycles. The Morgan fingerprint density at radius 1 is 1.05 bits per heavy atom. The molecule has 2 aromatic rings. The van der Waals surface area contributed by atoms with Crippen molar-refractivity contribution in [3.63, 3.8) is 0 Å². The van der Waals surface area contributed by atoms with Crippen LogP contribution in [-0.4, -0.2) is 6.54 Å². The summed E-state index contributed by atoms with van der Waals surface area (Å²) in [4.78, 5) is 0. The van der Waals surface area contributed by atoms with Gasteiger partial charge in [-0.15, -0.1) is 0 Å². The van der Waals surface area contributed by atoms with Crippen molar-refractivity contribution in [1.82, 2.24) is 0 Å². The fourth-order valence-electron chi connectivity index (χ4n) is 2.33. The number of benzene rings is 2. The van der Waals surface area contributed by atoms with Crippen LogP contribution >= 0.6 is 0 Å². The molecule has 3 heteroatoms. The number of ether oxygens (including phenoxy) is 1. The lowest BCUT2D eigenvalue weighted by Gasteiger charge is -2.21. The number of hydrogen-bond donors (Lipinski definition) is 1. The van der Waals surface area contributed by atoms with Crippen LogP contribution in [0.4, 0.5) is 5.69 Å². The van der Waals surface area contributed by atoms with Gasteiger partial charge < -0.3 is 10.1 Å². The van der Waals surface area contributed by atoms with Gasteiger partial charge in [-0.2, -0.15) is 5.26 Å². The van der Waals surface area contributed by atoms with E-state index in [0.717, 1.165) is 30.8 Å². The molecule has 0 radical (unpaired) electrons. The molecule has 0 unspecified atom stereocenters. The van der Waals surface area contributed by atoms with E-state index in [0.29, 0.717) is 11.3 Å². The van der Waals surface area contributed by atoms with Gasteiger partial charge in [0.15, 0.2) is 5.75 Å². The topological polar surface area (TPSA) is 45.0 Å². The highest BCUT2D eigenvalue weighted by molar-refractivity contribution is 5.64. The summed E-state index contributed by atoms with van der Waals surface area (Å²) in [5.74, 6) is 1.39. The Morgan fingerprint density at radius 3 is 2.79 bits per heavy atom. The number of aryl methyl sites for hydroxylation is 1. The normalized spacial score (nSPS) is 13.0. The molecule has 0 fully saturated rings. The molecule has 3 nitrogen and oxygen atoms in total. The van der Waals surface area contributed by atoms with Gasteiger partial charge in [-0.05, 0) is 36.6 Å². The van der Waals surface area contributed by atoms with Crippen LogP contribution in [0.3, 0.4) is 0 Å². The first-order valence-corrected chi connectivity index (χ1v) is 6.41. The molecule has 3 rings (SSSR count). The molecular formula is C16H14N2O. The molecule has 0 atom stereocenters. The summed E-state index contributed by atoms with van der Waals surface area (Å²) in [5.41, 5.74) is 2.88. The van der Waals surface area contributed by atoms with Gasteiger partial charge in [-0.1, -0.05) is 24.3 Å². The molecule has 1 aliphatic heterocycles. The molecule has 0 aromatic heterocycles. The van der Waals surface area contributed by atoms with Crippen molar-refractivity contribution >= 4 is 5.69 Å². The maximum Gasteiger partial charge on any atom is 0.150 e. The molecule has 2 aromatic carbocycles. The van der Waals surface area contributed by atoms with E-state index in [1.807, 2.05) is 30.3 Å². The van der Waals surface area contributed by atoms with Gasteiger partial charge in [-0.25, -0.2) is 0 Å². The predicted molar refractivity (Wildman–Crippen MR) is 74.5 cm³/mol. The zero-order valence-corrected chi connectivity index (χ0v) is 10.5. The molecule has 1 heterocycles. The zero-order chi connectivity index (χ0) is 13.1.